The van der Waals surface area contributed by atoms with Gasteiger partial charge in [-0.25, -0.2) is 4.39 Å². The predicted molar refractivity (Wildman–Crippen MR) is 57.2 cm³/mol. The van der Waals surface area contributed by atoms with Crippen LogP contribution in [0.25, 0.3) is 0 Å². The lowest BCUT2D eigenvalue weighted by molar-refractivity contribution is 0.616. The molecule has 0 spiro atoms. The van der Waals surface area contributed by atoms with E-state index >= 15 is 0 Å². The topological polar surface area (TPSA) is 26.0 Å². The first kappa shape index (κ1) is 9.49. The van der Waals surface area contributed by atoms with Crippen LogP contribution in [0, 0.1) is 5.82 Å². The van der Waals surface area contributed by atoms with E-state index in [4.69, 9.17) is 5.73 Å². The van der Waals surface area contributed by atoms with Crippen LogP contribution in [0.4, 0.5) is 4.39 Å². The van der Waals surface area contributed by atoms with Gasteiger partial charge < -0.3 is 5.73 Å². The predicted octanol–water partition coefficient (Wildman–Crippen LogP) is 2.83. The van der Waals surface area contributed by atoms with Gasteiger partial charge in [-0.2, -0.15) is 11.8 Å². The third-order valence-electron chi connectivity index (χ3n) is 2.18. The summed E-state index contributed by atoms with van der Waals surface area (Å²) in [7, 11) is 0. The fourth-order valence-corrected chi connectivity index (χ4v) is 3.23. The fourth-order valence-electron chi connectivity index (χ4n) is 1.48. The first-order valence-electron chi connectivity index (χ1n) is 4.00. The van der Waals surface area contributed by atoms with Crippen LogP contribution in [0.3, 0.4) is 0 Å². The van der Waals surface area contributed by atoms with E-state index in [9.17, 15) is 4.39 Å². The summed E-state index contributed by atoms with van der Waals surface area (Å²) in [6, 6.07) is 3.31. The molecule has 1 atom stereocenters. The number of fused-ring (bicyclic) bond motifs is 1. The standard InChI is InChI=1S/C9H9BrFNS/c10-9-6-3-13-4-8(12)5(6)1-2-7(9)11/h1-2,8H,3-4,12H2/t8-/m0/s1. The molecule has 1 heterocycles. The van der Waals surface area contributed by atoms with Crippen LogP contribution in [-0.4, -0.2) is 5.75 Å². The first-order valence-corrected chi connectivity index (χ1v) is 5.95. The number of benzene rings is 1. The molecule has 2 rings (SSSR count). The van der Waals surface area contributed by atoms with Crippen molar-refractivity contribution in [3.8, 4) is 0 Å². The van der Waals surface area contributed by atoms with Crippen molar-refractivity contribution in [3.05, 3.63) is 33.5 Å². The highest BCUT2D eigenvalue weighted by Gasteiger charge is 2.20. The molecule has 0 saturated carbocycles. The summed E-state index contributed by atoms with van der Waals surface area (Å²) in [5, 5.41) is 0. The van der Waals surface area contributed by atoms with Gasteiger partial charge in [0.1, 0.15) is 5.82 Å². The van der Waals surface area contributed by atoms with Gasteiger partial charge in [0, 0.05) is 17.5 Å². The second kappa shape index (κ2) is 3.59. The lowest BCUT2D eigenvalue weighted by Crippen LogP contribution is -2.19. The molecule has 0 saturated heterocycles. The summed E-state index contributed by atoms with van der Waals surface area (Å²) < 4.78 is 13.7. The van der Waals surface area contributed by atoms with Crippen molar-refractivity contribution in [2.45, 2.75) is 11.8 Å². The van der Waals surface area contributed by atoms with Gasteiger partial charge in [-0.05, 0) is 33.1 Å². The molecule has 1 aromatic rings. The summed E-state index contributed by atoms with van der Waals surface area (Å²) in [6.45, 7) is 0. The zero-order valence-corrected chi connectivity index (χ0v) is 9.29. The zero-order chi connectivity index (χ0) is 9.42. The zero-order valence-electron chi connectivity index (χ0n) is 6.89. The largest absolute Gasteiger partial charge is 0.323 e. The van der Waals surface area contributed by atoms with E-state index in [1.807, 2.05) is 0 Å². The number of hydrogen-bond donors (Lipinski definition) is 1. The third-order valence-corrected chi connectivity index (χ3v) is 4.12. The average molecular weight is 262 g/mol. The van der Waals surface area contributed by atoms with E-state index in [2.05, 4.69) is 15.9 Å². The van der Waals surface area contributed by atoms with E-state index in [-0.39, 0.29) is 11.9 Å². The van der Waals surface area contributed by atoms with Gasteiger partial charge in [-0.3, -0.25) is 0 Å². The molecule has 1 aromatic carbocycles. The molecule has 1 aliphatic heterocycles. The molecule has 4 heteroatoms. The maximum absolute atomic E-state index is 13.1. The molecule has 1 nitrogen and oxygen atoms in total. The smallest absolute Gasteiger partial charge is 0.137 e. The molecule has 0 amide bonds. The molecule has 0 bridgehead atoms. The van der Waals surface area contributed by atoms with Gasteiger partial charge in [0.05, 0.1) is 4.47 Å². The number of halogens is 2. The molecule has 13 heavy (non-hydrogen) atoms. The van der Waals surface area contributed by atoms with Crippen molar-refractivity contribution in [3.63, 3.8) is 0 Å². The van der Waals surface area contributed by atoms with Gasteiger partial charge in [-0.15, -0.1) is 0 Å². The summed E-state index contributed by atoms with van der Waals surface area (Å²) >= 11 is 5.00. The first-order chi connectivity index (χ1) is 6.20. The maximum atomic E-state index is 13.1. The van der Waals surface area contributed by atoms with Crippen molar-refractivity contribution in [1.82, 2.24) is 0 Å². The number of rotatable bonds is 0. The van der Waals surface area contributed by atoms with Crippen LogP contribution >= 0.6 is 27.7 Å². The van der Waals surface area contributed by atoms with Gasteiger partial charge >= 0.3 is 0 Å². The number of hydrogen-bond acceptors (Lipinski definition) is 2. The molecule has 2 N–H and O–H groups in total. The summed E-state index contributed by atoms with van der Waals surface area (Å²) in [5.41, 5.74) is 7.99. The Balaban J connectivity index is 2.56. The Morgan fingerprint density at radius 2 is 2.31 bits per heavy atom. The number of thioether (sulfide) groups is 1. The lowest BCUT2D eigenvalue weighted by atomic mass is 10.0. The molecule has 0 radical (unpaired) electrons. The number of nitrogens with two attached hydrogens (primary N) is 1. The Kier molecular flexibility index (Phi) is 2.62. The van der Waals surface area contributed by atoms with Gasteiger partial charge in [0.25, 0.3) is 0 Å². The van der Waals surface area contributed by atoms with Crippen LogP contribution in [0.15, 0.2) is 16.6 Å². The minimum atomic E-state index is -0.201. The summed E-state index contributed by atoms with van der Waals surface area (Å²) in [6.07, 6.45) is 0. The molecule has 70 valence electrons. The van der Waals surface area contributed by atoms with E-state index < -0.39 is 0 Å². The minimum absolute atomic E-state index is 0.0469. The highest BCUT2D eigenvalue weighted by molar-refractivity contribution is 9.10. The van der Waals surface area contributed by atoms with Crippen molar-refractivity contribution >= 4 is 27.7 Å². The molecule has 0 aliphatic carbocycles. The molecule has 1 aliphatic rings. The van der Waals surface area contributed by atoms with Crippen molar-refractivity contribution in [1.29, 1.82) is 0 Å². The van der Waals surface area contributed by atoms with Crippen LogP contribution in [0.5, 0.6) is 0 Å². The van der Waals surface area contributed by atoms with Crippen LogP contribution < -0.4 is 5.73 Å². The molecule has 0 fully saturated rings. The monoisotopic (exact) mass is 261 g/mol. The summed E-state index contributed by atoms with van der Waals surface area (Å²) in [5.74, 6) is 1.57. The van der Waals surface area contributed by atoms with Gasteiger partial charge in [-0.1, -0.05) is 6.07 Å². The van der Waals surface area contributed by atoms with E-state index in [1.54, 1.807) is 17.8 Å². The quantitative estimate of drug-likeness (QED) is 0.778. The SMILES string of the molecule is N[C@H]1CSCc2c1ccc(F)c2Br. The van der Waals surface area contributed by atoms with E-state index in [0.717, 1.165) is 22.6 Å². The Hall–Kier alpha value is -0.0600. The maximum Gasteiger partial charge on any atom is 0.137 e. The average Bonchev–Trinajstić information content (AvgIpc) is 2.12. The Morgan fingerprint density at radius 3 is 3.08 bits per heavy atom. The van der Waals surface area contributed by atoms with E-state index in [1.165, 1.54) is 6.07 Å². The second-order valence-electron chi connectivity index (χ2n) is 3.05. The van der Waals surface area contributed by atoms with Crippen LogP contribution in [-0.2, 0) is 5.75 Å². The molecule has 0 unspecified atom stereocenters. The lowest BCUT2D eigenvalue weighted by Gasteiger charge is -2.22. The molecular weight excluding hydrogens is 253 g/mol. The van der Waals surface area contributed by atoms with Gasteiger partial charge in [0.15, 0.2) is 0 Å². The summed E-state index contributed by atoms with van der Waals surface area (Å²) in [4.78, 5) is 0. The minimum Gasteiger partial charge on any atom is -0.323 e. The van der Waals surface area contributed by atoms with Crippen LogP contribution in [0.1, 0.15) is 17.2 Å². The fraction of sp³-hybridized carbons (Fsp3) is 0.333. The third kappa shape index (κ3) is 1.63. The molecular formula is C9H9BrFNS. The molecule has 0 aromatic heterocycles. The van der Waals surface area contributed by atoms with Crippen LogP contribution in [0.2, 0.25) is 0 Å². The van der Waals surface area contributed by atoms with Gasteiger partial charge in [0.2, 0.25) is 0 Å². The Labute approximate surface area is 89.0 Å². The van der Waals surface area contributed by atoms with Crippen molar-refractivity contribution in [2.24, 2.45) is 5.73 Å². The Bertz CT molecular complexity index is 343. The highest BCUT2D eigenvalue weighted by atomic mass is 79.9. The van der Waals surface area contributed by atoms with E-state index in [0.29, 0.717) is 4.47 Å². The van der Waals surface area contributed by atoms with Crippen molar-refractivity contribution < 1.29 is 4.39 Å². The Morgan fingerprint density at radius 1 is 1.54 bits per heavy atom. The highest BCUT2D eigenvalue weighted by Crippen LogP contribution is 2.35. The second-order valence-corrected chi connectivity index (χ2v) is 4.87. The normalized spacial score (nSPS) is 21.3. The van der Waals surface area contributed by atoms with Crippen molar-refractivity contribution in [2.75, 3.05) is 5.75 Å².